The molecule has 0 aliphatic rings. The summed E-state index contributed by atoms with van der Waals surface area (Å²) in [6.45, 7) is 0. The molecular formula is HBrKO3. The summed E-state index contributed by atoms with van der Waals surface area (Å²) in [5, 5.41) is 0. The van der Waals surface area contributed by atoms with Crippen molar-refractivity contribution in [2.75, 3.05) is 0 Å². The van der Waals surface area contributed by atoms with Gasteiger partial charge in [-0.15, -0.1) is 0 Å². The van der Waals surface area contributed by atoms with Crippen molar-refractivity contribution < 1.29 is 27.4 Å². The molecule has 1 radical (unpaired) electrons. The third-order valence-electron chi connectivity index (χ3n) is 0. The smallest absolute Gasteiger partial charge is 0.372 e. The first-order valence-corrected chi connectivity index (χ1v) is 2.48. The Morgan fingerprint density at radius 2 is 1.40 bits per heavy atom. The molecule has 0 aliphatic heterocycles. The maximum absolute atomic E-state index is 8.63. The fourth-order valence-corrected chi connectivity index (χ4v) is 0. The number of rotatable bonds is 0. The quantitative estimate of drug-likeness (QED) is 0.385. The van der Waals surface area contributed by atoms with Crippen LogP contribution in [0.15, 0.2) is 0 Å². The number of halogens is 1. The largest absolute Gasteiger partial charge is 0.433 e. The molecule has 0 aromatic carbocycles. The van der Waals surface area contributed by atoms with Crippen LogP contribution in [-0.4, -0.2) is 55.6 Å². The molecule has 0 rings (SSSR count). The first kappa shape index (κ1) is 10.1. The molecule has 0 aromatic heterocycles. The molecule has 3 nitrogen and oxygen atoms in total. The van der Waals surface area contributed by atoms with Crippen molar-refractivity contribution in [3.8, 4) is 0 Å². The van der Waals surface area contributed by atoms with E-state index in [4.69, 9.17) is 12.6 Å². The molecule has 0 aromatic rings. The molecular weight excluding hydrogens is 167 g/mol. The van der Waals surface area contributed by atoms with Crippen LogP contribution in [0.1, 0.15) is 0 Å². The minimum Gasteiger partial charge on any atom is -0.372 e. The first-order valence-electron chi connectivity index (χ1n) is 0.478. The molecule has 5 heteroatoms. The van der Waals surface area contributed by atoms with Gasteiger partial charge in [-0.2, -0.15) is 0 Å². The third kappa shape index (κ3) is 24.0. The van der Waals surface area contributed by atoms with Crippen LogP contribution in [0.3, 0.4) is 0 Å². The molecule has 0 spiro atoms. The van der Waals surface area contributed by atoms with Gasteiger partial charge < -0.3 is 8.40 Å². The summed E-state index contributed by atoms with van der Waals surface area (Å²) in [6, 6.07) is 0. The summed E-state index contributed by atoms with van der Waals surface area (Å²) < 4.78 is 24.3. The maximum Gasteiger partial charge on any atom is 0.433 e. The Balaban J connectivity index is 0. The van der Waals surface area contributed by atoms with Gasteiger partial charge in [0.2, 0.25) is 0 Å². The van der Waals surface area contributed by atoms with Crippen molar-refractivity contribution in [3.63, 3.8) is 0 Å². The Labute approximate surface area is 77.2 Å². The van der Waals surface area contributed by atoms with Gasteiger partial charge in [-0.1, -0.05) is 0 Å². The van der Waals surface area contributed by atoms with Gasteiger partial charge in [0.25, 0.3) is 0 Å². The normalized spacial score (nSPS) is 7.20. The molecule has 0 aliphatic carbocycles. The molecule has 5 heavy (non-hydrogen) atoms. The van der Waals surface area contributed by atoms with Gasteiger partial charge >= 0.3 is 14.8 Å². The molecule has 0 unspecified atom stereocenters. The molecule has 1 N–H and O–H groups in total. The van der Waals surface area contributed by atoms with Crippen LogP contribution < -0.4 is 8.40 Å². The Morgan fingerprint density at radius 3 is 1.40 bits per heavy atom. The molecule has 0 bridgehead atoms. The fraction of sp³-hybridized carbons (Fsp3) is 0. The van der Waals surface area contributed by atoms with Gasteiger partial charge in [0, 0.05) is 51.4 Å². The first-order chi connectivity index (χ1) is 1.73. The Bertz CT molecular complexity index is 11.6. The predicted molar refractivity (Wildman–Crippen MR) is 7.97 cm³/mol. The Morgan fingerprint density at radius 1 is 1.40 bits per heavy atom. The van der Waals surface area contributed by atoms with Crippen LogP contribution in [0, 0.1) is 14.8 Å². The van der Waals surface area contributed by atoms with Crippen LogP contribution >= 0.6 is 0 Å². The van der Waals surface area contributed by atoms with Gasteiger partial charge in [0.15, 0.2) is 0 Å². The molecule has 0 fully saturated rings. The Hall–Kier alpha value is 2.00. The van der Waals surface area contributed by atoms with E-state index in [0.29, 0.717) is 0 Å². The minimum atomic E-state index is -3.40. The van der Waals surface area contributed by atoms with Crippen molar-refractivity contribution in [1.29, 1.82) is 0 Å². The summed E-state index contributed by atoms with van der Waals surface area (Å²) in [6.07, 6.45) is 0. The molecule has 0 saturated heterocycles. The summed E-state index contributed by atoms with van der Waals surface area (Å²) >= 11 is -3.40. The summed E-state index contributed by atoms with van der Waals surface area (Å²) in [5.41, 5.74) is 0. The average molecular weight is 168 g/mol. The standard InChI is InChI=1S/BrHO3.K/c2-1(3)4;/h2H;. The van der Waals surface area contributed by atoms with E-state index in [1.165, 1.54) is 0 Å². The SMILES string of the molecule is [K].[O-][Br+2]([O-])O. The maximum atomic E-state index is 8.63. The van der Waals surface area contributed by atoms with Crippen LogP contribution in [0.25, 0.3) is 0 Å². The van der Waals surface area contributed by atoms with Gasteiger partial charge in [-0.3, -0.25) is 0 Å². The van der Waals surface area contributed by atoms with Crippen molar-refractivity contribution in [2.45, 2.75) is 0 Å². The van der Waals surface area contributed by atoms with Crippen molar-refractivity contribution >= 4 is 51.4 Å². The summed E-state index contributed by atoms with van der Waals surface area (Å²) in [7, 11) is 0. The molecule has 0 heterocycles. The van der Waals surface area contributed by atoms with E-state index >= 15 is 0 Å². The van der Waals surface area contributed by atoms with E-state index in [2.05, 4.69) is 0 Å². The zero-order valence-electron chi connectivity index (χ0n) is 2.64. The summed E-state index contributed by atoms with van der Waals surface area (Å²) in [5.74, 6) is 0. The second-order valence-corrected chi connectivity index (χ2v) is 1.04. The zero-order valence-corrected chi connectivity index (χ0v) is 7.35. The van der Waals surface area contributed by atoms with E-state index in [1.54, 1.807) is 0 Å². The van der Waals surface area contributed by atoms with Crippen LogP contribution in [-0.2, 0) is 0 Å². The number of hydrogen-bond donors (Lipinski definition) is 1. The predicted octanol–water partition coefficient (Wildman–Crippen LogP) is -3.32. The van der Waals surface area contributed by atoms with E-state index < -0.39 is 14.8 Å². The van der Waals surface area contributed by atoms with Crippen molar-refractivity contribution in [2.24, 2.45) is 0 Å². The number of hydrogen-bond acceptors (Lipinski definition) is 3. The van der Waals surface area contributed by atoms with Crippen LogP contribution in [0.5, 0.6) is 0 Å². The topological polar surface area (TPSA) is 66.3 Å². The summed E-state index contributed by atoms with van der Waals surface area (Å²) in [4.78, 5) is 0. The van der Waals surface area contributed by atoms with Gasteiger partial charge in [-0.05, 0) is 4.20 Å². The average Bonchev–Trinajstić information content (AvgIpc) is 0.811. The molecule has 0 atom stereocenters. The fourth-order valence-electron chi connectivity index (χ4n) is 0. The van der Waals surface area contributed by atoms with Crippen molar-refractivity contribution in [3.05, 3.63) is 0 Å². The molecule has 0 amide bonds. The van der Waals surface area contributed by atoms with Crippen LogP contribution in [0.2, 0.25) is 0 Å². The van der Waals surface area contributed by atoms with E-state index in [-0.39, 0.29) is 51.4 Å². The zero-order chi connectivity index (χ0) is 3.58. The van der Waals surface area contributed by atoms with Gasteiger partial charge in [0.1, 0.15) is 0 Å². The molecule has 0 saturated carbocycles. The Kier molecular flexibility index (Phi) is 12.1. The van der Waals surface area contributed by atoms with E-state index in [9.17, 15) is 0 Å². The molecule has 27 valence electrons. The van der Waals surface area contributed by atoms with E-state index in [0.717, 1.165) is 0 Å². The van der Waals surface area contributed by atoms with Crippen molar-refractivity contribution in [1.82, 2.24) is 0 Å². The van der Waals surface area contributed by atoms with E-state index in [1.807, 2.05) is 0 Å². The van der Waals surface area contributed by atoms with Gasteiger partial charge in [-0.25, -0.2) is 0 Å². The van der Waals surface area contributed by atoms with Gasteiger partial charge in [0.05, 0.1) is 0 Å². The monoisotopic (exact) mass is 167 g/mol. The van der Waals surface area contributed by atoms with Crippen LogP contribution in [0.4, 0.5) is 0 Å². The third-order valence-corrected chi connectivity index (χ3v) is 0. The second kappa shape index (κ2) is 6.00. The minimum absolute atomic E-state index is 0. The second-order valence-electron chi connectivity index (χ2n) is 0.201.